The van der Waals surface area contributed by atoms with Crippen molar-refractivity contribution >= 4 is 16.0 Å². The second-order valence-electron chi connectivity index (χ2n) is 6.61. The molecular weight excluding hydrogens is 364 g/mol. The number of nitrogens with one attached hydrogen (secondary N) is 2. The molecule has 0 amide bonds. The Labute approximate surface area is 163 Å². The van der Waals surface area contributed by atoms with E-state index < -0.39 is 10.0 Å². The summed E-state index contributed by atoms with van der Waals surface area (Å²) < 4.78 is 31.8. The van der Waals surface area contributed by atoms with E-state index >= 15 is 0 Å². The molecule has 8 heteroatoms. The summed E-state index contributed by atoms with van der Waals surface area (Å²) in [6.07, 6.45) is 2.51. The number of sulfonamides is 1. The number of nitrogens with zero attached hydrogens (tertiary/aromatic N) is 2. The Morgan fingerprint density at radius 1 is 1.22 bits per heavy atom. The van der Waals surface area contributed by atoms with Gasteiger partial charge in [0, 0.05) is 38.8 Å². The fourth-order valence-corrected chi connectivity index (χ4v) is 4.13. The second-order valence-corrected chi connectivity index (χ2v) is 8.70. The van der Waals surface area contributed by atoms with E-state index in [1.165, 1.54) is 17.1 Å². The van der Waals surface area contributed by atoms with Gasteiger partial charge in [0.15, 0.2) is 5.96 Å². The number of rotatable bonds is 11. The van der Waals surface area contributed by atoms with Crippen LogP contribution in [0.5, 0.6) is 5.75 Å². The van der Waals surface area contributed by atoms with Crippen molar-refractivity contribution in [3.05, 3.63) is 29.8 Å². The molecule has 27 heavy (non-hydrogen) atoms. The number of hydrogen-bond donors (Lipinski definition) is 2. The van der Waals surface area contributed by atoms with Gasteiger partial charge in [-0.2, -0.15) is 0 Å². The number of guanidine groups is 1. The van der Waals surface area contributed by atoms with Crippen LogP contribution in [0.15, 0.2) is 29.3 Å². The van der Waals surface area contributed by atoms with Crippen LogP contribution < -0.4 is 15.4 Å². The molecule has 152 valence electrons. The molecule has 0 bridgehead atoms. The van der Waals surface area contributed by atoms with Crippen molar-refractivity contribution in [1.82, 2.24) is 14.9 Å². The quantitative estimate of drug-likeness (QED) is 0.440. The van der Waals surface area contributed by atoms with E-state index in [4.69, 9.17) is 4.74 Å². The Morgan fingerprint density at radius 3 is 2.56 bits per heavy atom. The maximum Gasteiger partial charge on any atom is 0.215 e. The van der Waals surface area contributed by atoms with E-state index in [1.54, 1.807) is 7.05 Å². The first-order chi connectivity index (χ1) is 13.0. The van der Waals surface area contributed by atoms with E-state index in [9.17, 15) is 8.42 Å². The number of para-hydroxylation sites is 1. The Kier molecular flexibility index (Phi) is 8.37. The highest BCUT2D eigenvalue weighted by atomic mass is 32.2. The van der Waals surface area contributed by atoms with Crippen molar-refractivity contribution < 1.29 is 13.2 Å². The number of ether oxygens (including phenoxy) is 1. The van der Waals surface area contributed by atoms with Crippen LogP contribution in [0.2, 0.25) is 0 Å². The predicted octanol–water partition coefficient (Wildman–Crippen LogP) is 1.81. The highest BCUT2D eigenvalue weighted by molar-refractivity contribution is 7.89. The lowest BCUT2D eigenvalue weighted by Crippen LogP contribution is -2.41. The summed E-state index contributed by atoms with van der Waals surface area (Å²) in [5.41, 5.74) is 1.05. The number of hydrogen-bond acceptors (Lipinski definition) is 4. The predicted molar refractivity (Wildman–Crippen MR) is 110 cm³/mol. The molecule has 1 aliphatic rings. The molecule has 0 atom stereocenters. The van der Waals surface area contributed by atoms with Crippen LogP contribution in [0.3, 0.4) is 0 Å². The molecule has 0 aliphatic heterocycles. The summed E-state index contributed by atoms with van der Waals surface area (Å²) in [4.78, 5) is 4.17. The molecule has 1 aliphatic carbocycles. The van der Waals surface area contributed by atoms with E-state index in [-0.39, 0.29) is 5.75 Å². The minimum absolute atomic E-state index is 0.0382. The summed E-state index contributed by atoms with van der Waals surface area (Å²) in [7, 11) is -1.57. The third-order valence-corrected chi connectivity index (χ3v) is 6.59. The van der Waals surface area contributed by atoms with Gasteiger partial charge < -0.3 is 15.4 Å². The van der Waals surface area contributed by atoms with Gasteiger partial charge in [-0.15, -0.1) is 0 Å². The molecule has 1 saturated carbocycles. The molecule has 1 aromatic carbocycles. The zero-order chi connectivity index (χ0) is 19.7. The third kappa shape index (κ3) is 7.03. The maximum absolute atomic E-state index is 12.2. The van der Waals surface area contributed by atoms with Crippen LogP contribution in [0.25, 0.3) is 0 Å². The molecule has 0 spiro atoms. The van der Waals surface area contributed by atoms with Crippen LogP contribution >= 0.6 is 0 Å². The van der Waals surface area contributed by atoms with Crippen molar-refractivity contribution in [2.24, 2.45) is 10.9 Å². The molecule has 0 unspecified atom stereocenters. The number of benzene rings is 1. The first-order valence-corrected chi connectivity index (χ1v) is 11.2. The molecule has 1 aromatic rings. The summed E-state index contributed by atoms with van der Waals surface area (Å²) in [6, 6.07) is 7.95. The van der Waals surface area contributed by atoms with Gasteiger partial charge in [-0.1, -0.05) is 32.0 Å². The molecule has 1 fully saturated rings. The average molecular weight is 397 g/mol. The zero-order valence-corrected chi connectivity index (χ0v) is 17.4. The van der Waals surface area contributed by atoms with Crippen LogP contribution in [0.1, 0.15) is 32.3 Å². The fourth-order valence-electron chi connectivity index (χ4n) is 2.73. The Balaban J connectivity index is 1.82. The lowest BCUT2D eigenvalue weighted by atomic mass is 10.2. The average Bonchev–Trinajstić information content (AvgIpc) is 3.48. The summed E-state index contributed by atoms with van der Waals surface area (Å²) in [5.74, 6) is 2.20. The first kappa shape index (κ1) is 21.5. The van der Waals surface area contributed by atoms with Gasteiger partial charge in [-0.05, 0) is 24.8 Å². The molecular formula is C19H32N4O3S. The van der Waals surface area contributed by atoms with Gasteiger partial charge >= 0.3 is 0 Å². The van der Waals surface area contributed by atoms with E-state index in [1.807, 2.05) is 38.1 Å². The second kappa shape index (κ2) is 10.5. The Hall–Kier alpha value is -1.80. The molecule has 2 rings (SSSR count). The van der Waals surface area contributed by atoms with Crippen molar-refractivity contribution in [3.8, 4) is 5.75 Å². The molecule has 0 radical (unpaired) electrons. The number of aliphatic imine (C=N–C) groups is 1. The molecule has 0 aromatic heterocycles. The zero-order valence-electron chi connectivity index (χ0n) is 16.6. The van der Waals surface area contributed by atoms with Crippen LogP contribution in [-0.4, -0.2) is 57.7 Å². The largest absolute Gasteiger partial charge is 0.493 e. The third-order valence-electron chi connectivity index (χ3n) is 4.57. The lowest BCUT2D eigenvalue weighted by Gasteiger charge is -2.19. The normalized spacial score (nSPS) is 15.0. The minimum Gasteiger partial charge on any atom is -0.493 e. The standard InChI is InChI=1S/C19H32N4O3S/c1-4-23(5-2)27(24,25)13-12-21-19(20-3)22-14-17-8-6-7-9-18(17)26-15-16-10-11-16/h6-9,16H,4-5,10-15H2,1-3H3,(H2,20,21,22). The van der Waals surface area contributed by atoms with Gasteiger partial charge in [-0.25, -0.2) is 12.7 Å². The first-order valence-electron chi connectivity index (χ1n) is 9.63. The summed E-state index contributed by atoms with van der Waals surface area (Å²) >= 11 is 0. The van der Waals surface area contributed by atoms with Crippen molar-refractivity contribution in [3.63, 3.8) is 0 Å². The Bertz CT molecular complexity index is 713. The van der Waals surface area contributed by atoms with Crippen molar-refractivity contribution in [1.29, 1.82) is 0 Å². The van der Waals surface area contributed by atoms with E-state index in [0.29, 0.717) is 38.1 Å². The smallest absolute Gasteiger partial charge is 0.215 e. The van der Waals surface area contributed by atoms with Gasteiger partial charge in [0.1, 0.15) is 5.75 Å². The monoisotopic (exact) mass is 396 g/mol. The van der Waals surface area contributed by atoms with Crippen molar-refractivity contribution in [2.75, 3.05) is 39.0 Å². The van der Waals surface area contributed by atoms with Crippen LogP contribution in [0, 0.1) is 5.92 Å². The van der Waals surface area contributed by atoms with Crippen LogP contribution in [-0.2, 0) is 16.6 Å². The fraction of sp³-hybridized carbons (Fsp3) is 0.632. The molecule has 2 N–H and O–H groups in total. The summed E-state index contributed by atoms with van der Waals surface area (Å²) in [6.45, 7) is 6.30. The molecule has 7 nitrogen and oxygen atoms in total. The highest BCUT2D eigenvalue weighted by Crippen LogP contribution is 2.30. The van der Waals surface area contributed by atoms with Gasteiger partial charge in [-0.3, -0.25) is 4.99 Å². The maximum atomic E-state index is 12.2. The topological polar surface area (TPSA) is 83.0 Å². The SMILES string of the molecule is CCN(CC)S(=O)(=O)CCNC(=NC)NCc1ccccc1OCC1CC1. The highest BCUT2D eigenvalue weighted by Gasteiger charge is 2.22. The van der Waals surface area contributed by atoms with Crippen molar-refractivity contribution in [2.45, 2.75) is 33.2 Å². The van der Waals surface area contributed by atoms with Gasteiger partial charge in [0.25, 0.3) is 0 Å². The summed E-state index contributed by atoms with van der Waals surface area (Å²) in [5, 5.41) is 6.29. The van der Waals surface area contributed by atoms with Gasteiger partial charge in [0.2, 0.25) is 10.0 Å². The Morgan fingerprint density at radius 2 is 1.93 bits per heavy atom. The van der Waals surface area contributed by atoms with E-state index in [0.717, 1.165) is 17.9 Å². The van der Waals surface area contributed by atoms with E-state index in [2.05, 4.69) is 15.6 Å². The lowest BCUT2D eigenvalue weighted by molar-refractivity contribution is 0.296. The molecule has 0 heterocycles. The minimum atomic E-state index is -3.24. The van der Waals surface area contributed by atoms with Gasteiger partial charge in [0.05, 0.1) is 12.4 Å². The molecule has 0 saturated heterocycles. The van der Waals surface area contributed by atoms with Crippen LogP contribution in [0.4, 0.5) is 0 Å².